The summed E-state index contributed by atoms with van der Waals surface area (Å²) in [7, 11) is -2.70. The lowest BCUT2D eigenvalue weighted by Gasteiger charge is -2.14. The quantitative estimate of drug-likeness (QED) is 0.561. The summed E-state index contributed by atoms with van der Waals surface area (Å²) in [6.45, 7) is 3.12. The van der Waals surface area contributed by atoms with Gasteiger partial charge in [-0.25, -0.2) is 13.4 Å². The van der Waals surface area contributed by atoms with Gasteiger partial charge in [0.15, 0.2) is 0 Å². The van der Waals surface area contributed by atoms with Gasteiger partial charge in [0.1, 0.15) is 14.8 Å². The Bertz CT molecular complexity index is 1310. The molecule has 0 saturated carbocycles. The van der Waals surface area contributed by atoms with E-state index in [1.807, 2.05) is 4.72 Å². The third-order valence-electron chi connectivity index (χ3n) is 5.37. The number of amides is 1. The van der Waals surface area contributed by atoms with Gasteiger partial charge in [-0.1, -0.05) is 12.1 Å². The van der Waals surface area contributed by atoms with E-state index in [1.54, 1.807) is 18.9 Å². The number of rotatable bonds is 5. The number of nitrogens with zero attached hydrogens (tertiary/aromatic N) is 3. The number of anilines is 1. The lowest BCUT2D eigenvalue weighted by molar-refractivity contribution is -0.136. The molecule has 0 aliphatic carbocycles. The van der Waals surface area contributed by atoms with Crippen LogP contribution in [0, 0.1) is 6.92 Å². The van der Waals surface area contributed by atoms with Crippen molar-refractivity contribution in [1.82, 2.24) is 14.5 Å². The van der Waals surface area contributed by atoms with Crippen molar-refractivity contribution in [2.75, 3.05) is 17.8 Å². The van der Waals surface area contributed by atoms with Gasteiger partial charge in [-0.2, -0.15) is 13.2 Å². The van der Waals surface area contributed by atoms with Crippen LogP contribution >= 0.6 is 11.3 Å². The average Bonchev–Trinajstić information content (AvgIpc) is 3.47. The highest BCUT2D eigenvalue weighted by Crippen LogP contribution is 2.36. The van der Waals surface area contributed by atoms with Gasteiger partial charge in [-0.15, -0.1) is 11.3 Å². The van der Waals surface area contributed by atoms with E-state index in [-0.39, 0.29) is 10.8 Å². The molecule has 0 radical (unpaired) electrons. The zero-order chi connectivity index (χ0) is 24.0. The molecule has 1 fully saturated rings. The molecule has 0 unspecified atom stereocenters. The molecule has 176 valence electrons. The van der Waals surface area contributed by atoms with Crippen LogP contribution in [0.1, 0.15) is 33.8 Å². The number of aryl methyl sites for hydroxylation is 2. The standard InChI is InChI=1S/C21H21F3N4O3S2/c1-13-18(20(29)28-9-5-6-10-28)32-19(25-13)17-11-14(12-27(17)2)33(30,31)26-16-8-4-3-7-15(16)21(22,23)24/h3-4,7-8,11-12,26H,5-6,9-10H2,1-2H3. The number of para-hydroxylation sites is 1. The summed E-state index contributed by atoms with van der Waals surface area (Å²) in [4.78, 5) is 19.3. The van der Waals surface area contributed by atoms with Crippen LogP contribution in [0.5, 0.6) is 0 Å². The smallest absolute Gasteiger partial charge is 0.347 e. The average molecular weight is 499 g/mol. The minimum Gasteiger partial charge on any atom is -0.347 e. The van der Waals surface area contributed by atoms with Crippen molar-refractivity contribution in [3.63, 3.8) is 0 Å². The summed E-state index contributed by atoms with van der Waals surface area (Å²) in [6, 6.07) is 5.71. The normalized spacial score (nSPS) is 14.6. The van der Waals surface area contributed by atoms with Crippen molar-refractivity contribution in [2.45, 2.75) is 30.8 Å². The Morgan fingerprint density at radius 1 is 1.18 bits per heavy atom. The van der Waals surface area contributed by atoms with Crippen LogP contribution in [0.25, 0.3) is 10.7 Å². The Hall–Kier alpha value is -2.86. The number of halogens is 3. The lowest BCUT2D eigenvalue weighted by atomic mass is 10.2. The Morgan fingerprint density at radius 2 is 1.85 bits per heavy atom. The molecular formula is C21H21F3N4O3S2. The predicted molar refractivity (Wildman–Crippen MR) is 119 cm³/mol. The van der Waals surface area contributed by atoms with Crippen molar-refractivity contribution in [3.05, 3.63) is 52.7 Å². The van der Waals surface area contributed by atoms with Crippen molar-refractivity contribution in [3.8, 4) is 10.7 Å². The predicted octanol–water partition coefficient (Wildman–Crippen LogP) is 4.51. The topological polar surface area (TPSA) is 84.3 Å². The second-order valence-electron chi connectivity index (χ2n) is 7.75. The summed E-state index contributed by atoms with van der Waals surface area (Å²) in [5.74, 6) is -0.0961. The van der Waals surface area contributed by atoms with E-state index in [2.05, 4.69) is 4.98 Å². The molecule has 3 aromatic rings. The zero-order valence-corrected chi connectivity index (χ0v) is 19.4. The van der Waals surface area contributed by atoms with Crippen LogP contribution in [-0.4, -0.2) is 41.9 Å². The number of alkyl halides is 3. The number of sulfonamides is 1. The molecule has 1 amide bonds. The molecule has 1 aliphatic rings. The molecule has 1 N–H and O–H groups in total. The number of carbonyl (C=O) groups excluding carboxylic acids is 1. The summed E-state index contributed by atoms with van der Waals surface area (Å²) in [6.07, 6.45) is -1.50. The first-order valence-corrected chi connectivity index (χ1v) is 12.4. The molecule has 1 aliphatic heterocycles. The lowest BCUT2D eigenvalue weighted by Crippen LogP contribution is -2.27. The van der Waals surface area contributed by atoms with Crippen molar-refractivity contribution >= 4 is 33.0 Å². The van der Waals surface area contributed by atoms with E-state index >= 15 is 0 Å². The molecule has 2 aromatic heterocycles. The fourth-order valence-corrected chi connectivity index (χ4v) is 5.93. The van der Waals surface area contributed by atoms with E-state index in [0.717, 1.165) is 25.0 Å². The summed E-state index contributed by atoms with van der Waals surface area (Å²) < 4.78 is 69.0. The Morgan fingerprint density at radius 3 is 2.52 bits per heavy atom. The number of hydrogen-bond acceptors (Lipinski definition) is 5. The molecule has 1 aromatic carbocycles. The van der Waals surface area contributed by atoms with Crippen LogP contribution in [0.4, 0.5) is 18.9 Å². The maximum atomic E-state index is 13.3. The number of benzene rings is 1. The SMILES string of the molecule is Cc1nc(-c2cc(S(=O)(=O)Nc3ccccc3C(F)(F)F)cn2C)sc1C(=O)N1CCCC1. The maximum absolute atomic E-state index is 13.3. The second-order valence-corrected chi connectivity index (χ2v) is 10.4. The molecule has 12 heteroatoms. The summed E-state index contributed by atoms with van der Waals surface area (Å²) in [5.41, 5.74) is -0.646. The van der Waals surface area contributed by atoms with Crippen molar-refractivity contribution in [2.24, 2.45) is 7.05 Å². The van der Waals surface area contributed by atoms with Crippen molar-refractivity contribution < 1.29 is 26.4 Å². The zero-order valence-electron chi connectivity index (χ0n) is 17.8. The van der Waals surface area contributed by atoms with Crippen LogP contribution in [0.2, 0.25) is 0 Å². The Balaban J connectivity index is 1.64. The van der Waals surface area contributed by atoms with Crippen LogP contribution < -0.4 is 4.72 Å². The van der Waals surface area contributed by atoms with Crippen LogP contribution in [0.3, 0.4) is 0 Å². The number of likely N-dealkylation sites (tertiary alicyclic amines) is 1. The highest BCUT2D eigenvalue weighted by molar-refractivity contribution is 7.92. The van der Waals surface area contributed by atoms with Crippen LogP contribution in [-0.2, 0) is 23.2 Å². The minimum absolute atomic E-state index is 0.0961. The molecule has 4 rings (SSSR count). The number of aromatic nitrogens is 2. The monoisotopic (exact) mass is 498 g/mol. The first kappa shape index (κ1) is 23.3. The highest BCUT2D eigenvalue weighted by Gasteiger charge is 2.34. The molecule has 0 spiro atoms. The highest BCUT2D eigenvalue weighted by atomic mass is 32.2. The van der Waals surface area contributed by atoms with E-state index in [9.17, 15) is 26.4 Å². The molecule has 0 atom stereocenters. The van der Waals surface area contributed by atoms with Crippen molar-refractivity contribution in [1.29, 1.82) is 0 Å². The largest absolute Gasteiger partial charge is 0.418 e. The van der Waals surface area contributed by atoms with Crippen LogP contribution in [0.15, 0.2) is 41.4 Å². The van der Waals surface area contributed by atoms with Gasteiger partial charge in [0.05, 0.1) is 22.6 Å². The third-order valence-corrected chi connectivity index (χ3v) is 7.87. The Kier molecular flexibility index (Phi) is 5.99. The first-order chi connectivity index (χ1) is 15.5. The molecule has 1 saturated heterocycles. The van der Waals surface area contributed by atoms with E-state index in [4.69, 9.17) is 0 Å². The van der Waals surface area contributed by atoms with E-state index < -0.39 is 27.5 Å². The van der Waals surface area contributed by atoms with Gasteiger partial charge in [-0.05, 0) is 38.0 Å². The fraction of sp³-hybridized carbons (Fsp3) is 0.333. The maximum Gasteiger partial charge on any atom is 0.418 e. The van der Waals surface area contributed by atoms with Gasteiger partial charge in [0.25, 0.3) is 15.9 Å². The first-order valence-electron chi connectivity index (χ1n) is 10.1. The summed E-state index contributed by atoms with van der Waals surface area (Å²) in [5, 5.41) is 0.453. The molecule has 3 heterocycles. The summed E-state index contributed by atoms with van der Waals surface area (Å²) >= 11 is 1.17. The number of hydrogen-bond donors (Lipinski definition) is 1. The third kappa shape index (κ3) is 4.62. The van der Waals surface area contributed by atoms with E-state index in [1.165, 1.54) is 40.3 Å². The van der Waals surface area contributed by atoms with Gasteiger partial charge in [0, 0.05) is 26.3 Å². The van der Waals surface area contributed by atoms with Gasteiger partial charge >= 0.3 is 6.18 Å². The molecular weight excluding hydrogens is 477 g/mol. The van der Waals surface area contributed by atoms with Gasteiger partial charge in [0.2, 0.25) is 0 Å². The number of nitrogens with one attached hydrogen (secondary N) is 1. The minimum atomic E-state index is -4.71. The molecule has 0 bridgehead atoms. The van der Waals surface area contributed by atoms with E-state index in [0.29, 0.717) is 34.4 Å². The Labute approximate surface area is 192 Å². The molecule has 7 nitrogen and oxygen atoms in total. The number of thiazole rings is 1. The number of carbonyl (C=O) groups is 1. The fourth-order valence-electron chi connectivity index (χ4n) is 3.69. The van der Waals surface area contributed by atoms with Gasteiger partial charge in [-0.3, -0.25) is 9.52 Å². The van der Waals surface area contributed by atoms with Gasteiger partial charge < -0.3 is 9.47 Å². The molecule has 33 heavy (non-hydrogen) atoms. The second kappa shape index (κ2) is 8.49.